The number of benzene rings is 2. The largest absolute Gasteiger partial charge is 0.366 e. The van der Waals surface area contributed by atoms with Gasteiger partial charge in [-0.1, -0.05) is 48.9 Å². The molecule has 0 bridgehead atoms. The van der Waals surface area contributed by atoms with Crippen molar-refractivity contribution in [1.29, 1.82) is 0 Å². The maximum absolute atomic E-state index is 13.6. The van der Waals surface area contributed by atoms with Crippen LogP contribution in [0.15, 0.2) is 48.2 Å². The van der Waals surface area contributed by atoms with Gasteiger partial charge < -0.3 is 4.90 Å². The van der Waals surface area contributed by atoms with Crippen molar-refractivity contribution in [3.05, 3.63) is 70.4 Å². The van der Waals surface area contributed by atoms with Crippen molar-refractivity contribution in [2.45, 2.75) is 40.5 Å². The molecule has 150 valence electrons. The monoisotopic (exact) mass is 388 g/mol. The van der Waals surface area contributed by atoms with E-state index in [4.69, 9.17) is 0 Å². The number of hydrogen-bond acceptors (Lipinski definition) is 3. The number of hydrogen-bond donors (Lipinski definition) is 0. The van der Waals surface area contributed by atoms with Crippen LogP contribution in [0.2, 0.25) is 0 Å². The molecule has 2 heterocycles. The molecule has 4 nitrogen and oxygen atoms in total. The highest BCUT2D eigenvalue weighted by Crippen LogP contribution is 2.37. The topological polar surface area (TPSA) is 40.6 Å². The number of carbonyl (C=O) groups excluding carboxylic acids is 2. The number of nitrogens with zero attached hydrogens (tertiary/aromatic N) is 2. The summed E-state index contributed by atoms with van der Waals surface area (Å²) < 4.78 is 0. The van der Waals surface area contributed by atoms with E-state index < -0.39 is 0 Å². The number of amides is 2. The first-order valence-electron chi connectivity index (χ1n) is 10.4. The fraction of sp³-hybridized carbons (Fsp3) is 0.360. The predicted molar refractivity (Wildman–Crippen MR) is 116 cm³/mol. The summed E-state index contributed by atoms with van der Waals surface area (Å²) in [4.78, 5) is 30.7. The zero-order chi connectivity index (χ0) is 20.7. The Morgan fingerprint density at radius 2 is 1.45 bits per heavy atom. The van der Waals surface area contributed by atoms with Gasteiger partial charge in [0.1, 0.15) is 5.70 Å². The Morgan fingerprint density at radius 1 is 0.828 bits per heavy atom. The van der Waals surface area contributed by atoms with E-state index in [-0.39, 0.29) is 11.8 Å². The third kappa shape index (κ3) is 3.48. The van der Waals surface area contributed by atoms with Crippen LogP contribution >= 0.6 is 0 Å². The van der Waals surface area contributed by atoms with Gasteiger partial charge >= 0.3 is 0 Å². The normalized spacial score (nSPS) is 18.2. The van der Waals surface area contributed by atoms with E-state index >= 15 is 0 Å². The van der Waals surface area contributed by atoms with Gasteiger partial charge in [-0.15, -0.1) is 0 Å². The number of imide groups is 1. The van der Waals surface area contributed by atoms with Gasteiger partial charge in [0, 0.05) is 13.1 Å². The molecule has 4 rings (SSSR count). The molecule has 0 saturated carbocycles. The first-order chi connectivity index (χ1) is 13.9. The molecule has 0 aliphatic carbocycles. The average Bonchev–Trinajstić information content (AvgIpc) is 2.95. The molecule has 0 unspecified atom stereocenters. The molecule has 1 saturated heterocycles. The van der Waals surface area contributed by atoms with Crippen molar-refractivity contribution in [1.82, 2.24) is 4.90 Å². The van der Waals surface area contributed by atoms with E-state index in [1.807, 2.05) is 63.2 Å². The second-order valence-electron chi connectivity index (χ2n) is 8.49. The van der Waals surface area contributed by atoms with Gasteiger partial charge in [-0.05, 0) is 62.3 Å². The molecule has 1 fully saturated rings. The van der Waals surface area contributed by atoms with E-state index in [0.29, 0.717) is 22.9 Å². The second-order valence-corrected chi connectivity index (χ2v) is 8.49. The van der Waals surface area contributed by atoms with Crippen LogP contribution in [0, 0.1) is 26.7 Å². The van der Waals surface area contributed by atoms with Gasteiger partial charge in [-0.25, -0.2) is 4.90 Å². The van der Waals surface area contributed by atoms with Gasteiger partial charge in [0.2, 0.25) is 0 Å². The summed E-state index contributed by atoms with van der Waals surface area (Å²) in [6.07, 6.45) is 2.07. The van der Waals surface area contributed by atoms with Crippen molar-refractivity contribution in [2.75, 3.05) is 18.0 Å². The molecule has 4 heteroatoms. The van der Waals surface area contributed by atoms with Crippen LogP contribution in [0.1, 0.15) is 42.0 Å². The number of anilines is 1. The summed E-state index contributed by atoms with van der Waals surface area (Å²) in [6, 6.07) is 13.8. The Morgan fingerprint density at radius 3 is 2.10 bits per heavy atom. The van der Waals surface area contributed by atoms with Crippen LogP contribution in [0.25, 0.3) is 5.57 Å². The number of rotatable bonds is 3. The van der Waals surface area contributed by atoms with Gasteiger partial charge in [0.25, 0.3) is 11.8 Å². The highest BCUT2D eigenvalue weighted by Gasteiger charge is 2.43. The molecule has 0 atom stereocenters. The van der Waals surface area contributed by atoms with Crippen molar-refractivity contribution < 1.29 is 9.59 Å². The quantitative estimate of drug-likeness (QED) is 0.720. The van der Waals surface area contributed by atoms with Crippen molar-refractivity contribution >= 4 is 23.1 Å². The summed E-state index contributed by atoms with van der Waals surface area (Å²) in [5.74, 6) is 0.229. The highest BCUT2D eigenvalue weighted by atomic mass is 16.2. The number of aryl methyl sites for hydroxylation is 3. The second kappa shape index (κ2) is 7.51. The zero-order valence-corrected chi connectivity index (χ0v) is 17.7. The van der Waals surface area contributed by atoms with Gasteiger partial charge in [0.05, 0.1) is 11.3 Å². The highest BCUT2D eigenvalue weighted by molar-refractivity contribution is 6.45. The summed E-state index contributed by atoms with van der Waals surface area (Å²) in [6.45, 7) is 9.82. The van der Waals surface area contributed by atoms with E-state index in [9.17, 15) is 9.59 Å². The lowest BCUT2D eigenvalue weighted by Crippen LogP contribution is -2.38. The molecule has 2 aromatic carbocycles. The van der Waals surface area contributed by atoms with Crippen LogP contribution in [-0.4, -0.2) is 29.8 Å². The molecule has 0 radical (unpaired) electrons. The third-order valence-electron chi connectivity index (χ3n) is 6.11. The Kier molecular flexibility index (Phi) is 5.03. The Bertz CT molecular complexity index is 996. The summed E-state index contributed by atoms with van der Waals surface area (Å²) >= 11 is 0. The average molecular weight is 389 g/mol. The molecule has 0 spiro atoms. The van der Waals surface area contributed by atoms with Gasteiger partial charge in [0.15, 0.2) is 0 Å². The first kappa shape index (κ1) is 19.4. The van der Waals surface area contributed by atoms with E-state index in [2.05, 4.69) is 11.8 Å². The SMILES string of the molecule is Cc1ccc(C2=C(N3CCC(C)CC3)C(=O)N(c3cc(C)ccc3C)C2=O)cc1. The van der Waals surface area contributed by atoms with Gasteiger partial charge in [-0.2, -0.15) is 0 Å². The predicted octanol–water partition coefficient (Wildman–Crippen LogP) is 4.63. The lowest BCUT2D eigenvalue weighted by molar-refractivity contribution is -0.120. The fourth-order valence-electron chi connectivity index (χ4n) is 4.20. The maximum Gasteiger partial charge on any atom is 0.282 e. The zero-order valence-electron chi connectivity index (χ0n) is 17.7. The molecule has 2 aliphatic rings. The molecule has 2 aromatic rings. The third-order valence-corrected chi connectivity index (χ3v) is 6.11. The van der Waals surface area contributed by atoms with Crippen molar-refractivity contribution in [2.24, 2.45) is 5.92 Å². The fourth-order valence-corrected chi connectivity index (χ4v) is 4.20. The molecule has 2 amide bonds. The molecule has 0 aromatic heterocycles. The summed E-state index contributed by atoms with van der Waals surface area (Å²) in [5, 5.41) is 0. The van der Waals surface area contributed by atoms with Crippen LogP contribution in [0.5, 0.6) is 0 Å². The van der Waals surface area contributed by atoms with E-state index in [1.54, 1.807) is 0 Å². The minimum Gasteiger partial charge on any atom is -0.366 e. The smallest absolute Gasteiger partial charge is 0.282 e. The standard InChI is InChI=1S/C25H28N2O2/c1-16-6-9-20(10-7-16)22-23(26-13-11-17(2)12-14-26)25(29)27(24(22)28)21-15-18(3)5-8-19(21)4/h5-10,15,17H,11-14H2,1-4H3. The minimum atomic E-state index is -0.221. The summed E-state index contributed by atoms with van der Waals surface area (Å²) in [7, 11) is 0. The number of piperidine rings is 1. The van der Waals surface area contributed by atoms with E-state index in [0.717, 1.165) is 48.2 Å². The molecule has 0 N–H and O–H groups in total. The van der Waals surface area contributed by atoms with E-state index in [1.165, 1.54) is 4.90 Å². The van der Waals surface area contributed by atoms with Gasteiger partial charge in [-0.3, -0.25) is 9.59 Å². The lowest BCUT2D eigenvalue weighted by atomic mass is 9.97. The van der Waals surface area contributed by atoms with Crippen LogP contribution in [0.4, 0.5) is 5.69 Å². The first-order valence-corrected chi connectivity index (χ1v) is 10.4. The van der Waals surface area contributed by atoms with Crippen LogP contribution in [0.3, 0.4) is 0 Å². The Labute approximate surface area is 172 Å². The summed E-state index contributed by atoms with van der Waals surface area (Å²) in [5.41, 5.74) is 5.68. The lowest BCUT2D eigenvalue weighted by Gasteiger charge is -2.32. The van der Waals surface area contributed by atoms with Crippen LogP contribution in [-0.2, 0) is 9.59 Å². The maximum atomic E-state index is 13.6. The van der Waals surface area contributed by atoms with Crippen molar-refractivity contribution in [3.8, 4) is 0 Å². The molecule has 2 aliphatic heterocycles. The molecular weight excluding hydrogens is 360 g/mol. The minimum absolute atomic E-state index is 0.200. The Hall–Kier alpha value is -2.88. The molecule has 29 heavy (non-hydrogen) atoms. The molecular formula is C25H28N2O2. The van der Waals surface area contributed by atoms with Crippen molar-refractivity contribution in [3.63, 3.8) is 0 Å². The number of likely N-dealkylation sites (tertiary alicyclic amines) is 1. The van der Waals surface area contributed by atoms with Crippen LogP contribution < -0.4 is 4.90 Å². The number of carbonyl (C=O) groups is 2. The Balaban J connectivity index is 1.83.